The maximum Gasteiger partial charge on any atom is 0.251 e. The number of likely N-dealkylation sites (N-methyl/N-ethyl adjacent to an activating group) is 1. The van der Waals surface area contributed by atoms with Crippen molar-refractivity contribution in [3.63, 3.8) is 0 Å². The highest BCUT2D eigenvalue weighted by Gasteiger charge is 2.07. The van der Waals surface area contributed by atoms with Crippen LogP contribution in [0.4, 0.5) is 11.4 Å². The minimum absolute atomic E-state index is 0.0701. The number of amides is 1. The molecule has 112 valence electrons. The van der Waals surface area contributed by atoms with E-state index in [1.54, 1.807) is 12.1 Å². The van der Waals surface area contributed by atoms with Crippen LogP contribution in [0.1, 0.15) is 31.1 Å². The molecule has 0 bridgehead atoms. The number of carbonyl (C=O) groups is 1. The molecule has 20 heavy (non-hydrogen) atoms. The zero-order valence-electron chi connectivity index (χ0n) is 12.7. The summed E-state index contributed by atoms with van der Waals surface area (Å²) in [5.74, 6) is -0.0701. The molecule has 5 heteroatoms. The highest BCUT2D eigenvalue weighted by Crippen LogP contribution is 2.19. The van der Waals surface area contributed by atoms with E-state index in [-0.39, 0.29) is 5.91 Å². The molecule has 5 nitrogen and oxygen atoms in total. The van der Waals surface area contributed by atoms with Gasteiger partial charge in [0.1, 0.15) is 0 Å². The van der Waals surface area contributed by atoms with E-state index in [0.29, 0.717) is 17.8 Å². The molecule has 0 spiro atoms. The molecule has 0 heterocycles. The van der Waals surface area contributed by atoms with Crippen LogP contribution in [0.5, 0.6) is 0 Å². The Morgan fingerprint density at radius 1 is 1.25 bits per heavy atom. The van der Waals surface area contributed by atoms with Crippen LogP contribution in [0.15, 0.2) is 18.2 Å². The summed E-state index contributed by atoms with van der Waals surface area (Å²) in [4.78, 5) is 14.1. The second-order valence-electron chi connectivity index (χ2n) is 4.62. The summed E-state index contributed by atoms with van der Waals surface area (Å²) >= 11 is 0. The quantitative estimate of drug-likeness (QED) is 0.634. The number of hydrogen-bond acceptors (Lipinski definition) is 4. The Kier molecular flexibility index (Phi) is 6.87. The Bertz CT molecular complexity index is 430. The molecule has 4 N–H and O–H groups in total. The molecule has 0 fully saturated rings. The van der Waals surface area contributed by atoms with Gasteiger partial charge in [0.15, 0.2) is 0 Å². The smallest absolute Gasteiger partial charge is 0.251 e. The van der Waals surface area contributed by atoms with Gasteiger partial charge in [0.05, 0.1) is 11.4 Å². The van der Waals surface area contributed by atoms with Crippen LogP contribution in [-0.2, 0) is 0 Å². The Hall–Kier alpha value is -1.75. The summed E-state index contributed by atoms with van der Waals surface area (Å²) in [7, 11) is 0. The maximum atomic E-state index is 11.8. The lowest BCUT2D eigenvalue weighted by Gasteiger charge is -2.19. The average molecular weight is 278 g/mol. The van der Waals surface area contributed by atoms with Crippen molar-refractivity contribution in [2.24, 2.45) is 0 Å². The van der Waals surface area contributed by atoms with Gasteiger partial charge in [-0.25, -0.2) is 0 Å². The second kappa shape index (κ2) is 8.43. The molecule has 0 aliphatic carbocycles. The number of hydrogen-bond donors (Lipinski definition) is 3. The summed E-state index contributed by atoms with van der Waals surface area (Å²) in [6.07, 6.45) is 0. The molecule has 1 amide bonds. The highest BCUT2D eigenvalue weighted by molar-refractivity contribution is 5.96. The first-order chi connectivity index (χ1) is 9.62. The summed E-state index contributed by atoms with van der Waals surface area (Å²) in [5, 5.41) is 6.09. The third-order valence-electron chi connectivity index (χ3n) is 3.29. The second-order valence-corrected chi connectivity index (χ2v) is 4.62. The predicted octanol–water partition coefficient (Wildman–Crippen LogP) is 1.77. The van der Waals surface area contributed by atoms with E-state index >= 15 is 0 Å². The van der Waals surface area contributed by atoms with Crippen molar-refractivity contribution in [3.8, 4) is 0 Å². The number of anilines is 2. The minimum Gasteiger partial charge on any atom is -0.397 e. The fraction of sp³-hybridized carbons (Fsp3) is 0.533. The first-order valence-electron chi connectivity index (χ1n) is 7.26. The van der Waals surface area contributed by atoms with Crippen molar-refractivity contribution >= 4 is 17.3 Å². The van der Waals surface area contributed by atoms with E-state index in [1.807, 2.05) is 13.0 Å². The van der Waals surface area contributed by atoms with Crippen LogP contribution in [0.2, 0.25) is 0 Å². The molecule has 1 aromatic rings. The lowest BCUT2D eigenvalue weighted by molar-refractivity contribution is 0.0956. The van der Waals surface area contributed by atoms with E-state index in [1.165, 1.54) is 0 Å². The van der Waals surface area contributed by atoms with Gasteiger partial charge in [-0.05, 0) is 38.2 Å². The number of nitrogens with two attached hydrogens (primary N) is 1. The molecule has 1 rings (SSSR count). The standard InChI is InChI=1S/C15H26N4O/c1-4-17-15(20)12-7-8-13(16)14(11-12)18-9-10-19(5-2)6-3/h7-8,11,18H,4-6,9-10,16H2,1-3H3,(H,17,20). The summed E-state index contributed by atoms with van der Waals surface area (Å²) in [6, 6.07) is 5.32. The minimum atomic E-state index is -0.0701. The molecular formula is C15H26N4O. The number of rotatable bonds is 8. The van der Waals surface area contributed by atoms with Crippen LogP contribution < -0.4 is 16.4 Å². The maximum absolute atomic E-state index is 11.8. The Morgan fingerprint density at radius 3 is 2.55 bits per heavy atom. The third-order valence-corrected chi connectivity index (χ3v) is 3.29. The lowest BCUT2D eigenvalue weighted by atomic mass is 10.1. The van der Waals surface area contributed by atoms with Gasteiger partial charge >= 0.3 is 0 Å². The van der Waals surface area contributed by atoms with Crippen LogP contribution in [0, 0.1) is 0 Å². The van der Waals surface area contributed by atoms with Crippen LogP contribution in [0.25, 0.3) is 0 Å². The SMILES string of the molecule is CCNC(=O)c1ccc(N)c(NCCN(CC)CC)c1. The molecule has 0 unspecified atom stereocenters. The highest BCUT2D eigenvalue weighted by atomic mass is 16.1. The summed E-state index contributed by atoms with van der Waals surface area (Å²) < 4.78 is 0. The molecule has 0 aliphatic rings. The molecule has 0 saturated carbocycles. The third kappa shape index (κ3) is 4.74. The summed E-state index contributed by atoms with van der Waals surface area (Å²) in [6.45, 7) is 10.6. The predicted molar refractivity (Wildman–Crippen MR) is 85.1 cm³/mol. The molecule has 0 aromatic heterocycles. The first kappa shape index (κ1) is 16.3. The molecule has 0 radical (unpaired) electrons. The van der Waals surface area contributed by atoms with E-state index in [2.05, 4.69) is 29.4 Å². The van der Waals surface area contributed by atoms with Crippen LogP contribution >= 0.6 is 0 Å². The normalized spacial score (nSPS) is 10.6. The number of nitrogens with one attached hydrogen (secondary N) is 2. The zero-order chi connectivity index (χ0) is 15.0. The fourth-order valence-electron chi connectivity index (χ4n) is 2.00. The topological polar surface area (TPSA) is 70.4 Å². The van der Waals surface area contributed by atoms with Crippen molar-refractivity contribution in [1.29, 1.82) is 0 Å². The van der Waals surface area contributed by atoms with E-state index in [4.69, 9.17) is 5.73 Å². The molecule has 0 saturated heterocycles. The van der Waals surface area contributed by atoms with Gasteiger partial charge in [0.2, 0.25) is 0 Å². The Balaban J connectivity index is 2.64. The van der Waals surface area contributed by atoms with Crippen LogP contribution in [0.3, 0.4) is 0 Å². The van der Waals surface area contributed by atoms with Crippen molar-refractivity contribution in [1.82, 2.24) is 10.2 Å². The number of nitrogen functional groups attached to an aromatic ring is 1. The van der Waals surface area contributed by atoms with Crippen molar-refractivity contribution < 1.29 is 4.79 Å². The molecule has 0 aliphatic heterocycles. The van der Waals surface area contributed by atoms with Crippen molar-refractivity contribution in [3.05, 3.63) is 23.8 Å². The van der Waals surface area contributed by atoms with E-state index in [0.717, 1.165) is 31.9 Å². The van der Waals surface area contributed by atoms with Gasteiger partial charge in [0, 0.05) is 25.2 Å². The van der Waals surface area contributed by atoms with Gasteiger partial charge in [-0.3, -0.25) is 4.79 Å². The van der Waals surface area contributed by atoms with Crippen molar-refractivity contribution in [2.45, 2.75) is 20.8 Å². The Morgan fingerprint density at radius 2 is 1.95 bits per heavy atom. The number of benzene rings is 1. The van der Waals surface area contributed by atoms with Crippen LogP contribution in [-0.4, -0.2) is 43.5 Å². The van der Waals surface area contributed by atoms with Gasteiger partial charge in [-0.1, -0.05) is 13.8 Å². The number of carbonyl (C=O) groups excluding carboxylic acids is 1. The monoisotopic (exact) mass is 278 g/mol. The zero-order valence-corrected chi connectivity index (χ0v) is 12.7. The lowest BCUT2D eigenvalue weighted by Crippen LogP contribution is -2.29. The van der Waals surface area contributed by atoms with Crippen molar-refractivity contribution in [2.75, 3.05) is 43.8 Å². The first-order valence-corrected chi connectivity index (χ1v) is 7.26. The molecule has 0 atom stereocenters. The van der Waals surface area contributed by atoms with E-state index in [9.17, 15) is 4.79 Å². The van der Waals surface area contributed by atoms with Gasteiger partial charge < -0.3 is 21.3 Å². The summed E-state index contributed by atoms with van der Waals surface area (Å²) in [5.41, 5.74) is 8.05. The fourth-order valence-corrected chi connectivity index (χ4v) is 2.00. The number of nitrogens with zero attached hydrogens (tertiary/aromatic N) is 1. The van der Waals surface area contributed by atoms with Gasteiger partial charge in [-0.15, -0.1) is 0 Å². The van der Waals surface area contributed by atoms with Gasteiger partial charge in [-0.2, -0.15) is 0 Å². The van der Waals surface area contributed by atoms with Gasteiger partial charge in [0.25, 0.3) is 5.91 Å². The van der Waals surface area contributed by atoms with E-state index < -0.39 is 0 Å². The molecular weight excluding hydrogens is 252 g/mol. The largest absolute Gasteiger partial charge is 0.397 e. The Labute approximate surface area is 121 Å². The molecule has 1 aromatic carbocycles. The average Bonchev–Trinajstić information content (AvgIpc) is 2.45.